The number of ether oxygens (including phenoxy) is 1. The monoisotopic (exact) mass is 286 g/mol. The van der Waals surface area contributed by atoms with E-state index in [1.54, 1.807) is 12.1 Å². The minimum atomic E-state index is -3.68. The van der Waals surface area contributed by atoms with Crippen LogP contribution in [0.5, 0.6) is 5.75 Å². The molecule has 108 valence electrons. The number of nitrogens with one attached hydrogen (secondary N) is 1. The Morgan fingerprint density at radius 3 is 2.58 bits per heavy atom. The van der Waals surface area contributed by atoms with Gasteiger partial charge in [-0.2, -0.15) is 0 Å². The maximum Gasteiger partial charge on any atom is 0.238 e. The van der Waals surface area contributed by atoms with Crippen molar-refractivity contribution in [3.63, 3.8) is 0 Å². The molecule has 0 radical (unpaired) electrons. The van der Waals surface area contributed by atoms with Gasteiger partial charge in [0.1, 0.15) is 5.75 Å². The molecule has 0 amide bonds. The third-order valence-electron chi connectivity index (χ3n) is 2.56. The van der Waals surface area contributed by atoms with Gasteiger partial charge in [-0.3, -0.25) is 0 Å². The summed E-state index contributed by atoms with van der Waals surface area (Å²) in [5.41, 5.74) is 0.813. The first-order valence-electron chi connectivity index (χ1n) is 6.48. The first-order valence-corrected chi connectivity index (χ1v) is 8.03. The first-order chi connectivity index (χ1) is 8.99. The lowest BCUT2D eigenvalue weighted by atomic mass is 10.2. The van der Waals surface area contributed by atoms with E-state index in [1.165, 1.54) is 6.07 Å². The van der Waals surface area contributed by atoms with Crippen LogP contribution < -0.4 is 15.2 Å². The average molecular weight is 286 g/mol. The number of benzene rings is 1. The summed E-state index contributed by atoms with van der Waals surface area (Å²) < 4.78 is 28.3. The summed E-state index contributed by atoms with van der Waals surface area (Å²) in [4.78, 5) is 0.115. The summed E-state index contributed by atoms with van der Waals surface area (Å²) in [5.74, 6) is 0.706. The van der Waals surface area contributed by atoms with Crippen LogP contribution in [0.25, 0.3) is 0 Å². The van der Waals surface area contributed by atoms with Gasteiger partial charge in [0.05, 0.1) is 11.5 Å². The van der Waals surface area contributed by atoms with Crippen LogP contribution in [-0.2, 0) is 16.6 Å². The topological polar surface area (TPSA) is 81.4 Å². The maximum atomic E-state index is 11.4. The van der Waals surface area contributed by atoms with Gasteiger partial charge >= 0.3 is 0 Å². The van der Waals surface area contributed by atoms with Crippen molar-refractivity contribution in [2.24, 2.45) is 5.14 Å². The van der Waals surface area contributed by atoms with Crippen LogP contribution in [0, 0.1) is 0 Å². The average Bonchev–Trinajstić information content (AvgIpc) is 2.36. The summed E-state index contributed by atoms with van der Waals surface area (Å²) in [5, 5.41) is 8.37. The van der Waals surface area contributed by atoms with Crippen LogP contribution in [0.15, 0.2) is 23.1 Å². The van der Waals surface area contributed by atoms with E-state index in [9.17, 15) is 8.42 Å². The third-order valence-corrected chi connectivity index (χ3v) is 3.48. The van der Waals surface area contributed by atoms with Crippen molar-refractivity contribution in [2.75, 3.05) is 13.2 Å². The van der Waals surface area contributed by atoms with E-state index in [0.29, 0.717) is 18.9 Å². The van der Waals surface area contributed by atoms with E-state index in [1.807, 2.05) is 6.92 Å². The van der Waals surface area contributed by atoms with Crippen LogP contribution in [0.4, 0.5) is 0 Å². The number of hydrogen-bond acceptors (Lipinski definition) is 4. The zero-order valence-electron chi connectivity index (χ0n) is 11.5. The molecule has 5 nitrogen and oxygen atoms in total. The number of nitrogens with two attached hydrogens (primary N) is 1. The number of rotatable bonds is 8. The summed E-state index contributed by atoms with van der Waals surface area (Å²) in [6, 6.07) is 4.71. The van der Waals surface area contributed by atoms with Crippen molar-refractivity contribution in [3.8, 4) is 5.75 Å². The minimum absolute atomic E-state index is 0.115. The van der Waals surface area contributed by atoms with Crippen LogP contribution >= 0.6 is 0 Å². The molecule has 0 saturated carbocycles. The van der Waals surface area contributed by atoms with E-state index >= 15 is 0 Å². The Bertz CT molecular complexity index is 501. The maximum absolute atomic E-state index is 11.4. The van der Waals surface area contributed by atoms with E-state index in [2.05, 4.69) is 12.2 Å². The van der Waals surface area contributed by atoms with E-state index in [0.717, 1.165) is 24.9 Å². The molecule has 6 heteroatoms. The smallest absolute Gasteiger partial charge is 0.238 e. The van der Waals surface area contributed by atoms with Gasteiger partial charge in [0.25, 0.3) is 0 Å². The summed E-state index contributed by atoms with van der Waals surface area (Å²) in [6.07, 6.45) is 1.92. The Kier molecular flexibility index (Phi) is 6.27. The quantitative estimate of drug-likeness (QED) is 0.712. The lowest BCUT2D eigenvalue weighted by molar-refractivity contribution is 0.313. The Morgan fingerprint density at radius 2 is 2.00 bits per heavy atom. The molecule has 1 aromatic carbocycles. The van der Waals surface area contributed by atoms with E-state index in [-0.39, 0.29) is 4.90 Å². The second-order valence-electron chi connectivity index (χ2n) is 4.34. The van der Waals surface area contributed by atoms with Gasteiger partial charge in [0.2, 0.25) is 10.0 Å². The van der Waals surface area contributed by atoms with Gasteiger partial charge in [-0.25, -0.2) is 13.6 Å². The summed E-state index contributed by atoms with van der Waals surface area (Å²) in [7, 11) is -3.68. The van der Waals surface area contributed by atoms with Crippen LogP contribution in [0.1, 0.15) is 32.3 Å². The van der Waals surface area contributed by atoms with Crippen LogP contribution in [0.3, 0.4) is 0 Å². The fourth-order valence-corrected chi connectivity index (χ4v) is 2.19. The summed E-state index contributed by atoms with van der Waals surface area (Å²) in [6.45, 7) is 6.13. The van der Waals surface area contributed by atoms with Gasteiger partial charge < -0.3 is 10.1 Å². The molecule has 1 rings (SSSR count). The molecule has 19 heavy (non-hydrogen) atoms. The number of primary sulfonamides is 1. The summed E-state index contributed by atoms with van der Waals surface area (Å²) >= 11 is 0. The van der Waals surface area contributed by atoms with Crippen molar-refractivity contribution < 1.29 is 13.2 Å². The Hall–Kier alpha value is -1.11. The van der Waals surface area contributed by atoms with E-state index < -0.39 is 10.0 Å². The van der Waals surface area contributed by atoms with Crippen molar-refractivity contribution >= 4 is 10.0 Å². The molecular weight excluding hydrogens is 264 g/mol. The molecule has 0 fully saturated rings. The molecule has 0 atom stereocenters. The first kappa shape index (κ1) is 15.9. The zero-order valence-corrected chi connectivity index (χ0v) is 12.3. The Labute approximate surface area is 115 Å². The largest absolute Gasteiger partial charge is 0.493 e. The minimum Gasteiger partial charge on any atom is -0.493 e. The predicted octanol–water partition coefficient (Wildman–Crippen LogP) is 1.62. The van der Waals surface area contributed by atoms with Crippen LogP contribution in [0.2, 0.25) is 0 Å². The standard InChI is InChI=1S/C13H22N2O3S/c1-3-7-15-10-11-9-12(19(14,16)17)5-6-13(11)18-8-4-2/h5-6,9,15H,3-4,7-8,10H2,1-2H3,(H2,14,16,17). The fourth-order valence-electron chi connectivity index (χ4n) is 1.62. The van der Waals surface area contributed by atoms with Gasteiger partial charge in [0.15, 0.2) is 0 Å². The molecule has 0 aliphatic rings. The second kappa shape index (κ2) is 7.47. The van der Waals surface area contributed by atoms with Gasteiger partial charge in [-0.15, -0.1) is 0 Å². The van der Waals surface area contributed by atoms with Gasteiger partial charge in [0, 0.05) is 12.1 Å². The molecule has 0 aliphatic carbocycles. The molecule has 1 aromatic rings. The lowest BCUT2D eigenvalue weighted by Gasteiger charge is -2.13. The molecule has 0 aromatic heterocycles. The molecule has 0 saturated heterocycles. The molecule has 0 bridgehead atoms. The molecule has 0 aliphatic heterocycles. The van der Waals surface area contributed by atoms with Crippen molar-refractivity contribution in [3.05, 3.63) is 23.8 Å². The molecular formula is C13H22N2O3S. The fraction of sp³-hybridized carbons (Fsp3) is 0.538. The van der Waals surface area contributed by atoms with Crippen molar-refractivity contribution in [1.29, 1.82) is 0 Å². The molecule has 0 heterocycles. The number of sulfonamides is 1. The Balaban J connectivity index is 2.96. The SMILES string of the molecule is CCCNCc1cc(S(N)(=O)=O)ccc1OCCC. The van der Waals surface area contributed by atoms with E-state index in [4.69, 9.17) is 9.88 Å². The highest BCUT2D eigenvalue weighted by molar-refractivity contribution is 7.89. The number of hydrogen-bond donors (Lipinski definition) is 2. The third kappa shape index (κ3) is 5.18. The second-order valence-corrected chi connectivity index (χ2v) is 5.90. The van der Waals surface area contributed by atoms with Gasteiger partial charge in [-0.05, 0) is 37.6 Å². The molecule has 3 N–H and O–H groups in total. The van der Waals surface area contributed by atoms with Crippen LogP contribution in [-0.4, -0.2) is 21.6 Å². The van der Waals surface area contributed by atoms with Gasteiger partial charge in [-0.1, -0.05) is 13.8 Å². The Morgan fingerprint density at radius 1 is 1.26 bits per heavy atom. The lowest BCUT2D eigenvalue weighted by Crippen LogP contribution is -2.17. The predicted molar refractivity (Wildman–Crippen MR) is 75.6 cm³/mol. The molecule has 0 unspecified atom stereocenters. The zero-order chi connectivity index (χ0) is 14.3. The highest BCUT2D eigenvalue weighted by atomic mass is 32.2. The normalized spacial score (nSPS) is 11.5. The molecule has 0 spiro atoms. The highest BCUT2D eigenvalue weighted by Crippen LogP contribution is 2.22. The van der Waals surface area contributed by atoms with Crippen molar-refractivity contribution in [2.45, 2.75) is 38.1 Å². The highest BCUT2D eigenvalue weighted by Gasteiger charge is 2.12. The van der Waals surface area contributed by atoms with Crippen molar-refractivity contribution in [1.82, 2.24) is 5.32 Å².